The SMILES string of the molecule is CC(C)=CCC/C(C)=C/CC/C(C)=C/CC/C(C)=C/CC/C(C)=C/CC/C(C)=C/CC/C(C)=C/CC/C(C)=C/Cc1cccc(O)c1. The van der Waals surface area contributed by atoms with Crippen molar-refractivity contribution in [3.8, 4) is 5.75 Å². The van der Waals surface area contributed by atoms with Gasteiger partial charge in [-0.25, -0.2) is 0 Å². The smallest absolute Gasteiger partial charge is 0.115 e. The van der Waals surface area contributed by atoms with Crippen molar-refractivity contribution in [1.82, 2.24) is 0 Å². The molecule has 1 heteroatoms. The van der Waals surface area contributed by atoms with Crippen molar-refractivity contribution in [3.05, 3.63) is 123 Å². The molecular weight excluding hydrogens is 569 g/mol. The minimum atomic E-state index is 0.345. The summed E-state index contributed by atoms with van der Waals surface area (Å²) in [5.74, 6) is 0.345. The summed E-state index contributed by atoms with van der Waals surface area (Å²) < 4.78 is 0. The van der Waals surface area contributed by atoms with Crippen molar-refractivity contribution in [1.29, 1.82) is 0 Å². The van der Waals surface area contributed by atoms with Gasteiger partial charge in [0.15, 0.2) is 0 Å². The van der Waals surface area contributed by atoms with Gasteiger partial charge in [0.05, 0.1) is 0 Å². The molecule has 0 atom stereocenters. The molecule has 0 amide bonds. The summed E-state index contributed by atoms with van der Waals surface area (Å²) in [7, 11) is 0. The van der Waals surface area contributed by atoms with Gasteiger partial charge in [-0.05, 0) is 176 Å². The van der Waals surface area contributed by atoms with E-state index in [2.05, 4.69) is 117 Å². The maximum atomic E-state index is 9.63. The highest BCUT2D eigenvalue weighted by molar-refractivity contribution is 5.29. The Labute approximate surface area is 291 Å². The Morgan fingerprint density at radius 2 is 0.723 bits per heavy atom. The summed E-state index contributed by atoms with van der Waals surface area (Å²) in [5.41, 5.74) is 13.1. The van der Waals surface area contributed by atoms with E-state index < -0.39 is 0 Å². The number of hydrogen-bond donors (Lipinski definition) is 1. The average Bonchev–Trinajstić information content (AvgIpc) is 3.00. The van der Waals surface area contributed by atoms with Crippen molar-refractivity contribution in [2.24, 2.45) is 0 Å². The average molecular weight is 639 g/mol. The number of rotatable bonds is 23. The van der Waals surface area contributed by atoms with Crippen molar-refractivity contribution in [3.63, 3.8) is 0 Å². The van der Waals surface area contributed by atoms with Crippen LogP contribution < -0.4 is 0 Å². The molecule has 0 saturated heterocycles. The third kappa shape index (κ3) is 24.7. The lowest BCUT2D eigenvalue weighted by molar-refractivity contribution is 0.474. The van der Waals surface area contributed by atoms with Crippen molar-refractivity contribution in [2.45, 2.75) is 159 Å². The lowest BCUT2D eigenvalue weighted by Gasteiger charge is -2.04. The zero-order valence-electron chi connectivity index (χ0n) is 32.0. The van der Waals surface area contributed by atoms with Gasteiger partial charge in [0.2, 0.25) is 0 Å². The molecule has 0 unspecified atom stereocenters. The molecule has 1 aromatic carbocycles. The number of phenols is 1. The van der Waals surface area contributed by atoms with Crippen molar-refractivity contribution < 1.29 is 5.11 Å². The number of allylic oxidation sites excluding steroid dienone is 16. The van der Waals surface area contributed by atoms with E-state index in [-0.39, 0.29) is 0 Å². The van der Waals surface area contributed by atoms with E-state index in [4.69, 9.17) is 0 Å². The van der Waals surface area contributed by atoms with Gasteiger partial charge in [-0.2, -0.15) is 0 Å². The van der Waals surface area contributed by atoms with Crippen LogP contribution in [0.2, 0.25) is 0 Å². The Morgan fingerprint density at radius 1 is 0.426 bits per heavy atom. The highest BCUT2D eigenvalue weighted by Gasteiger charge is 1.98. The van der Waals surface area contributed by atoms with Crippen LogP contribution in [0.15, 0.2) is 117 Å². The molecule has 0 bridgehead atoms. The monoisotopic (exact) mass is 639 g/mol. The fraction of sp³-hybridized carbons (Fsp3) is 0.522. The van der Waals surface area contributed by atoms with Gasteiger partial charge in [-0.15, -0.1) is 0 Å². The zero-order chi connectivity index (χ0) is 34.9. The summed E-state index contributed by atoms with van der Waals surface area (Å²) in [4.78, 5) is 0. The van der Waals surface area contributed by atoms with Gasteiger partial charge in [-0.1, -0.05) is 105 Å². The highest BCUT2D eigenvalue weighted by Crippen LogP contribution is 2.18. The molecule has 1 aromatic rings. The summed E-state index contributed by atoms with van der Waals surface area (Å²) in [6, 6.07) is 7.55. The normalized spacial score (nSPS) is 14.2. The Kier molecular flexibility index (Phi) is 23.2. The van der Waals surface area contributed by atoms with Gasteiger partial charge in [0.25, 0.3) is 0 Å². The topological polar surface area (TPSA) is 20.2 Å². The highest BCUT2D eigenvalue weighted by atomic mass is 16.3. The molecule has 260 valence electrons. The molecule has 1 nitrogen and oxygen atoms in total. The standard InChI is InChI=1S/C46H70O/c1-37(2)18-10-19-38(3)20-11-21-39(4)22-12-23-40(5)24-13-25-41(6)26-14-27-42(7)28-15-29-43(8)30-16-31-44(9)34-35-45-32-17-33-46(47)36-45/h17-18,20,22,24,26,28,30,32-34,36,47H,10-16,19,21,23,25,27,29,31,35H2,1-9H3/b38-20+,39-22+,40-24+,41-26+,42-28+,43-30+,44-34+. The van der Waals surface area contributed by atoms with Gasteiger partial charge < -0.3 is 5.11 Å². The quantitative estimate of drug-likeness (QED) is 0.118. The van der Waals surface area contributed by atoms with Crippen molar-refractivity contribution in [2.75, 3.05) is 0 Å². The predicted octanol–water partition coefficient (Wildman–Crippen LogP) is 15.0. The molecule has 1 N–H and O–H groups in total. The van der Waals surface area contributed by atoms with E-state index in [9.17, 15) is 5.11 Å². The first-order valence-electron chi connectivity index (χ1n) is 18.4. The van der Waals surface area contributed by atoms with Crippen LogP contribution in [0.4, 0.5) is 0 Å². The summed E-state index contributed by atoms with van der Waals surface area (Å²) in [5, 5.41) is 9.63. The predicted molar refractivity (Wildman–Crippen MR) is 212 cm³/mol. The molecule has 0 spiro atoms. The minimum Gasteiger partial charge on any atom is -0.508 e. The van der Waals surface area contributed by atoms with Gasteiger partial charge >= 0.3 is 0 Å². The number of phenolic OH excluding ortho intramolecular Hbond substituents is 1. The molecule has 1 rings (SSSR count). The van der Waals surface area contributed by atoms with Gasteiger partial charge in [-0.3, -0.25) is 0 Å². The fourth-order valence-electron chi connectivity index (χ4n) is 5.56. The summed E-state index contributed by atoms with van der Waals surface area (Å²) >= 11 is 0. The third-order valence-corrected chi connectivity index (χ3v) is 8.88. The summed E-state index contributed by atoms with van der Waals surface area (Å²) in [6.45, 7) is 20.3. The van der Waals surface area contributed by atoms with E-state index in [0.29, 0.717) is 5.75 Å². The minimum absolute atomic E-state index is 0.345. The number of hydrogen-bond acceptors (Lipinski definition) is 1. The largest absolute Gasteiger partial charge is 0.508 e. The molecule has 0 fully saturated rings. The van der Waals surface area contributed by atoms with Crippen LogP contribution >= 0.6 is 0 Å². The lowest BCUT2D eigenvalue weighted by atomic mass is 10.0. The first-order valence-corrected chi connectivity index (χ1v) is 18.4. The van der Waals surface area contributed by atoms with Crippen LogP contribution in [0.3, 0.4) is 0 Å². The number of benzene rings is 1. The van der Waals surface area contributed by atoms with E-state index in [1.165, 1.54) is 83.1 Å². The van der Waals surface area contributed by atoms with Crippen molar-refractivity contribution >= 4 is 0 Å². The Bertz CT molecular complexity index is 1280. The molecule has 0 saturated carbocycles. The first kappa shape index (κ1) is 42.0. The zero-order valence-corrected chi connectivity index (χ0v) is 32.0. The Morgan fingerprint density at radius 3 is 1.02 bits per heavy atom. The first-order chi connectivity index (χ1) is 22.4. The second-order valence-electron chi connectivity index (χ2n) is 14.3. The third-order valence-electron chi connectivity index (χ3n) is 8.88. The van der Waals surface area contributed by atoms with Crippen LogP contribution in [-0.4, -0.2) is 5.11 Å². The molecular formula is C46H70O. The van der Waals surface area contributed by atoms with E-state index in [1.54, 1.807) is 6.07 Å². The van der Waals surface area contributed by atoms with E-state index in [1.807, 2.05) is 12.1 Å². The number of aromatic hydroxyl groups is 1. The maximum Gasteiger partial charge on any atom is 0.115 e. The molecule has 0 aliphatic heterocycles. The van der Waals surface area contributed by atoms with Crippen LogP contribution in [-0.2, 0) is 6.42 Å². The fourth-order valence-corrected chi connectivity index (χ4v) is 5.56. The maximum absolute atomic E-state index is 9.63. The van der Waals surface area contributed by atoms with E-state index >= 15 is 0 Å². The van der Waals surface area contributed by atoms with Crippen LogP contribution in [0.1, 0.15) is 158 Å². The van der Waals surface area contributed by atoms with E-state index in [0.717, 1.165) is 63.4 Å². The van der Waals surface area contributed by atoms with Crippen LogP contribution in [0.5, 0.6) is 5.75 Å². The lowest BCUT2D eigenvalue weighted by Crippen LogP contribution is -1.85. The molecule has 0 aliphatic rings. The molecule has 0 radical (unpaired) electrons. The Balaban J connectivity index is 2.23. The Hall–Kier alpha value is -3.06. The van der Waals surface area contributed by atoms with Gasteiger partial charge in [0, 0.05) is 0 Å². The van der Waals surface area contributed by atoms with Gasteiger partial charge in [0.1, 0.15) is 5.75 Å². The van der Waals surface area contributed by atoms with Crippen LogP contribution in [0, 0.1) is 0 Å². The van der Waals surface area contributed by atoms with Crippen LogP contribution in [0.25, 0.3) is 0 Å². The summed E-state index contributed by atoms with van der Waals surface area (Å²) in [6.07, 6.45) is 36.3. The molecule has 47 heavy (non-hydrogen) atoms. The molecule has 0 aliphatic carbocycles. The molecule has 0 aromatic heterocycles. The molecule has 0 heterocycles. The second kappa shape index (κ2) is 26.0. The second-order valence-corrected chi connectivity index (χ2v) is 14.3.